The summed E-state index contributed by atoms with van der Waals surface area (Å²) in [5, 5.41) is 0. The maximum absolute atomic E-state index is 12.8. The van der Waals surface area contributed by atoms with E-state index in [1.807, 2.05) is 19.2 Å². The molecule has 20 heavy (non-hydrogen) atoms. The van der Waals surface area contributed by atoms with Crippen LogP contribution in [0.2, 0.25) is 0 Å². The molecule has 0 aliphatic carbocycles. The normalized spacial score (nSPS) is 10.8. The zero-order chi connectivity index (χ0) is 14.4. The number of carbonyl (C=O) groups is 1. The first kappa shape index (κ1) is 14.3. The third-order valence-electron chi connectivity index (χ3n) is 3.09. The number of nitrogens with zero attached hydrogens (tertiary/aromatic N) is 2. The highest BCUT2D eigenvalue weighted by molar-refractivity contribution is 5.96. The molecule has 4 heteroatoms. The van der Waals surface area contributed by atoms with Crippen molar-refractivity contribution in [2.24, 2.45) is 0 Å². The quantitative estimate of drug-likeness (QED) is 0.758. The number of Topliss-reactive ketones (excluding diaryl/α,β-unsaturated/α-hetero) is 1. The second kappa shape index (κ2) is 6.91. The molecule has 104 valence electrons. The summed E-state index contributed by atoms with van der Waals surface area (Å²) in [6, 6.07) is 9.60. The van der Waals surface area contributed by atoms with Crippen molar-refractivity contribution in [1.29, 1.82) is 0 Å². The summed E-state index contributed by atoms with van der Waals surface area (Å²) in [6.45, 7) is 1.44. The molecule has 0 amide bonds. The van der Waals surface area contributed by atoms with Crippen molar-refractivity contribution in [2.75, 3.05) is 13.6 Å². The molecule has 2 aromatic rings. The van der Waals surface area contributed by atoms with Crippen LogP contribution in [0.4, 0.5) is 4.39 Å². The monoisotopic (exact) mass is 272 g/mol. The van der Waals surface area contributed by atoms with Gasteiger partial charge >= 0.3 is 0 Å². The number of rotatable bonds is 6. The smallest absolute Gasteiger partial charge is 0.164 e. The van der Waals surface area contributed by atoms with E-state index >= 15 is 0 Å². The van der Waals surface area contributed by atoms with Crippen LogP contribution in [-0.4, -0.2) is 29.3 Å². The lowest BCUT2D eigenvalue weighted by Gasteiger charge is -2.16. The van der Waals surface area contributed by atoms with E-state index in [-0.39, 0.29) is 11.6 Å². The molecule has 0 N–H and O–H groups in total. The van der Waals surface area contributed by atoms with Crippen LogP contribution in [-0.2, 0) is 6.54 Å². The highest BCUT2D eigenvalue weighted by Crippen LogP contribution is 2.07. The Labute approximate surface area is 118 Å². The van der Waals surface area contributed by atoms with Crippen LogP contribution in [0, 0.1) is 5.82 Å². The maximum atomic E-state index is 12.8. The van der Waals surface area contributed by atoms with Gasteiger partial charge in [0, 0.05) is 37.5 Å². The lowest BCUT2D eigenvalue weighted by molar-refractivity contribution is 0.0968. The van der Waals surface area contributed by atoms with Crippen molar-refractivity contribution >= 4 is 5.78 Å². The molecule has 0 spiro atoms. The van der Waals surface area contributed by atoms with Gasteiger partial charge in [-0.05, 0) is 49.0 Å². The molecular weight excluding hydrogens is 255 g/mol. The second-order valence-electron chi connectivity index (χ2n) is 4.77. The Morgan fingerprint density at radius 1 is 1.15 bits per heavy atom. The molecule has 0 saturated heterocycles. The molecule has 3 nitrogen and oxygen atoms in total. The van der Waals surface area contributed by atoms with Gasteiger partial charge in [0.15, 0.2) is 5.78 Å². The topological polar surface area (TPSA) is 33.2 Å². The van der Waals surface area contributed by atoms with E-state index in [2.05, 4.69) is 9.88 Å². The summed E-state index contributed by atoms with van der Waals surface area (Å²) in [4.78, 5) is 18.0. The Balaban J connectivity index is 1.82. The SMILES string of the molecule is CN(CCC(=O)c1ccc(F)cc1)Cc1ccncc1. The van der Waals surface area contributed by atoms with Crippen LogP contribution < -0.4 is 0 Å². The molecule has 0 aliphatic rings. The lowest BCUT2D eigenvalue weighted by Crippen LogP contribution is -2.21. The largest absolute Gasteiger partial charge is 0.302 e. The summed E-state index contributed by atoms with van der Waals surface area (Å²) in [6.07, 6.45) is 3.94. The van der Waals surface area contributed by atoms with Crippen LogP contribution in [0.5, 0.6) is 0 Å². The van der Waals surface area contributed by atoms with E-state index in [4.69, 9.17) is 0 Å². The number of hydrogen-bond donors (Lipinski definition) is 0. The summed E-state index contributed by atoms with van der Waals surface area (Å²) in [7, 11) is 1.97. The van der Waals surface area contributed by atoms with Gasteiger partial charge < -0.3 is 4.90 Å². The number of aromatic nitrogens is 1. The minimum Gasteiger partial charge on any atom is -0.302 e. The van der Waals surface area contributed by atoms with E-state index in [9.17, 15) is 9.18 Å². The Morgan fingerprint density at radius 2 is 1.80 bits per heavy atom. The molecule has 0 fully saturated rings. The Kier molecular flexibility index (Phi) is 4.96. The zero-order valence-electron chi connectivity index (χ0n) is 11.4. The standard InChI is InChI=1S/C16H17FN2O/c1-19(12-13-6-9-18-10-7-13)11-8-16(20)14-2-4-15(17)5-3-14/h2-7,9-10H,8,11-12H2,1H3. The lowest BCUT2D eigenvalue weighted by atomic mass is 10.1. The summed E-state index contributed by atoms with van der Waals surface area (Å²) < 4.78 is 12.8. The third kappa shape index (κ3) is 4.24. The number of halogens is 1. The van der Waals surface area contributed by atoms with Crippen LogP contribution >= 0.6 is 0 Å². The van der Waals surface area contributed by atoms with Gasteiger partial charge in [0.1, 0.15) is 5.82 Å². The van der Waals surface area contributed by atoms with Crippen molar-refractivity contribution in [3.8, 4) is 0 Å². The molecule has 1 heterocycles. The molecule has 0 saturated carbocycles. The van der Waals surface area contributed by atoms with E-state index in [1.54, 1.807) is 12.4 Å². The second-order valence-corrected chi connectivity index (χ2v) is 4.77. The highest BCUT2D eigenvalue weighted by atomic mass is 19.1. The number of pyridine rings is 1. The predicted molar refractivity (Wildman–Crippen MR) is 75.9 cm³/mol. The molecule has 2 rings (SSSR count). The van der Waals surface area contributed by atoms with E-state index in [0.29, 0.717) is 18.5 Å². The van der Waals surface area contributed by atoms with Gasteiger partial charge in [0.05, 0.1) is 0 Å². The third-order valence-corrected chi connectivity index (χ3v) is 3.09. The van der Waals surface area contributed by atoms with Crippen LogP contribution in [0.25, 0.3) is 0 Å². The maximum Gasteiger partial charge on any atom is 0.164 e. The summed E-state index contributed by atoms with van der Waals surface area (Å²) >= 11 is 0. The van der Waals surface area contributed by atoms with Crippen molar-refractivity contribution in [1.82, 2.24) is 9.88 Å². The van der Waals surface area contributed by atoms with Crippen LogP contribution in [0.3, 0.4) is 0 Å². The molecule has 0 unspecified atom stereocenters. The Morgan fingerprint density at radius 3 is 2.45 bits per heavy atom. The molecule has 1 aromatic carbocycles. The van der Waals surface area contributed by atoms with E-state index in [1.165, 1.54) is 24.3 Å². The van der Waals surface area contributed by atoms with Crippen molar-refractivity contribution in [3.05, 3.63) is 65.7 Å². The van der Waals surface area contributed by atoms with Gasteiger partial charge in [0.25, 0.3) is 0 Å². The van der Waals surface area contributed by atoms with Gasteiger partial charge in [-0.3, -0.25) is 9.78 Å². The minimum atomic E-state index is -0.323. The van der Waals surface area contributed by atoms with E-state index < -0.39 is 0 Å². The van der Waals surface area contributed by atoms with Gasteiger partial charge in [-0.25, -0.2) is 4.39 Å². The van der Waals surface area contributed by atoms with E-state index in [0.717, 1.165) is 12.1 Å². The number of hydrogen-bond acceptors (Lipinski definition) is 3. The molecule has 0 atom stereocenters. The first-order chi connectivity index (χ1) is 9.65. The number of benzene rings is 1. The number of carbonyl (C=O) groups excluding carboxylic acids is 1. The Hall–Kier alpha value is -2.07. The first-order valence-corrected chi connectivity index (χ1v) is 6.51. The fourth-order valence-corrected chi connectivity index (χ4v) is 1.95. The molecule has 0 aliphatic heterocycles. The summed E-state index contributed by atoms with van der Waals surface area (Å²) in [5.41, 5.74) is 1.72. The summed E-state index contributed by atoms with van der Waals surface area (Å²) in [5.74, 6) is -0.289. The molecule has 0 radical (unpaired) electrons. The van der Waals surface area contributed by atoms with Gasteiger partial charge in [-0.1, -0.05) is 0 Å². The van der Waals surface area contributed by atoms with Crippen molar-refractivity contribution in [3.63, 3.8) is 0 Å². The first-order valence-electron chi connectivity index (χ1n) is 6.51. The van der Waals surface area contributed by atoms with Crippen molar-refractivity contribution in [2.45, 2.75) is 13.0 Å². The fourth-order valence-electron chi connectivity index (χ4n) is 1.95. The van der Waals surface area contributed by atoms with Crippen LogP contribution in [0.1, 0.15) is 22.3 Å². The van der Waals surface area contributed by atoms with Gasteiger partial charge in [0.2, 0.25) is 0 Å². The highest BCUT2D eigenvalue weighted by Gasteiger charge is 2.08. The molecule has 0 bridgehead atoms. The Bertz CT molecular complexity index is 554. The average molecular weight is 272 g/mol. The zero-order valence-corrected chi connectivity index (χ0v) is 11.4. The van der Waals surface area contributed by atoms with Crippen molar-refractivity contribution < 1.29 is 9.18 Å². The molecular formula is C16H17FN2O. The van der Waals surface area contributed by atoms with Gasteiger partial charge in [-0.15, -0.1) is 0 Å². The fraction of sp³-hybridized carbons (Fsp3) is 0.250. The predicted octanol–water partition coefficient (Wildman–Crippen LogP) is 2.93. The van der Waals surface area contributed by atoms with Crippen LogP contribution in [0.15, 0.2) is 48.8 Å². The van der Waals surface area contributed by atoms with Gasteiger partial charge in [-0.2, -0.15) is 0 Å². The minimum absolute atomic E-state index is 0.0339. The molecule has 1 aromatic heterocycles. The average Bonchev–Trinajstić information content (AvgIpc) is 2.46. The number of ketones is 1.